The molecule has 5 heteroatoms. The van der Waals surface area contributed by atoms with Crippen LogP contribution in [0.4, 0.5) is 0 Å². The number of hydrogen-bond acceptors (Lipinski definition) is 4. The number of para-hydroxylation sites is 1. The van der Waals surface area contributed by atoms with Crippen LogP contribution in [0.25, 0.3) is 94.3 Å². The Labute approximate surface area is 281 Å². The predicted molar refractivity (Wildman–Crippen MR) is 200 cm³/mol. The normalized spacial score (nSPS) is 11.7. The van der Waals surface area contributed by atoms with Crippen molar-refractivity contribution in [1.82, 2.24) is 24.3 Å². The summed E-state index contributed by atoms with van der Waals surface area (Å²) in [5, 5.41) is 5.60. The van der Waals surface area contributed by atoms with Crippen LogP contribution in [0.2, 0.25) is 0 Å². The van der Waals surface area contributed by atoms with Crippen molar-refractivity contribution in [2.75, 3.05) is 0 Å². The summed E-state index contributed by atoms with van der Waals surface area (Å²) < 4.78 is 2.06. The first-order valence-electron chi connectivity index (χ1n) is 16.4. The van der Waals surface area contributed by atoms with E-state index in [-0.39, 0.29) is 0 Å². The topological polar surface area (TPSA) is 56.0 Å². The van der Waals surface area contributed by atoms with E-state index in [1.807, 2.05) is 30.5 Å². The molecule has 0 atom stereocenters. The fourth-order valence-corrected chi connectivity index (χ4v) is 7.00. The van der Waals surface area contributed by atoms with Gasteiger partial charge in [0.2, 0.25) is 0 Å². The van der Waals surface area contributed by atoms with Crippen molar-refractivity contribution in [2.24, 2.45) is 0 Å². The van der Waals surface area contributed by atoms with E-state index in [9.17, 15) is 0 Å². The van der Waals surface area contributed by atoms with Crippen molar-refractivity contribution in [3.8, 4) is 45.0 Å². The molecule has 0 bridgehead atoms. The van der Waals surface area contributed by atoms with Crippen LogP contribution < -0.4 is 0 Å². The summed E-state index contributed by atoms with van der Waals surface area (Å²) in [6, 6.07) is 54.8. The first-order valence-corrected chi connectivity index (χ1v) is 16.4. The lowest BCUT2D eigenvalue weighted by Crippen LogP contribution is -1.95. The SMILES string of the molecule is c1cc(-c2cccc(-c3nc4c(nc5ccccn54)c4ccccc34)c2)cc(-c2nc(-c3ccc4ccccc4c3)c3ccccc3n2)c1. The molecule has 0 aliphatic carbocycles. The van der Waals surface area contributed by atoms with Gasteiger partial charge in [0.25, 0.3) is 0 Å². The number of pyridine rings is 2. The maximum Gasteiger partial charge on any atom is 0.165 e. The lowest BCUT2D eigenvalue weighted by Gasteiger charge is -2.12. The van der Waals surface area contributed by atoms with Crippen LogP contribution in [-0.4, -0.2) is 24.3 Å². The highest BCUT2D eigenvalue weighted by Gasteiger charge is 2.16. The van der Waals surface area contributed by atoms with E-state index in [0.29, 0.717) is 5.82 Å². The smallest absolute Gasteiger partial charge is 0.165 e. The van der Waals surface area contributed by atoms with Crippen LogP contribution in [0, 0.1) is 0 Å². The van der Waals surface area contributed by atoms with E-state index in [2.05, 4.69) is 138 Å². The Morgan fingerprint density at radius 2 is 1.04 bits per heavy atom. The second-order valence-electron chi connectivity index (χ2n) is 12.4. The molecule has 6 aromatic carbocycles. The number of fused-ring (bicyclic) bond motifs is 7. The van der Waals surface area contributed by atoms with Gasteiger partial charge in [0.1, 0.15) is 11.2 Å². The molecule has 0 N–H and O–H groups in total. The lowest BCUT2D eigenvalue weighted by molar-refractivity contribution is 1.19. The monoisotopic (exact) mass is 625 g/mol. The second-order valence-corrected chi connectivity index (χ2v) is 12.4. The minimum atomic E-state index is 0.700. The molecular weight excluding hydrogens is 599 g/mol. The fourth-order valence-electron chi connectivity index (χ4n) is 7.00. The minimum absolute atomic E-state index is 0.700. The zero-order valence-electron chi connectivity index (χ0n) is 26.3. The van der Waals surface area contributed by atoms with Crippen molar-refractivity contribution in [3.63, 3.8) is 0 Å². The summed E-state index contributed by atoms with van der Waals surface area (Å²) in [5.41, 5.74) is 10.7. The number of nitrogens with zero attached hydrogens (tertiary/aromatic N) is 5. The van der Waals surface area contributed by atoms with E-state index in [0.717, 1.165) is 77.7 Å². The molecule has 0 saturated heterocycles. The third kappa shape index (κ3) is 4.55. The van der Waals surface area contributed by atoms with Gasteiger partial charge in [-0.1, -0.05) is 121 Å². The van der Waals surface area contributed by atoms with Gasteiger partial charge in [-0.15, -0.1) is 0 Å². The zero-order valence-corrected chi connectivity index (χ0v) is 26.3. The molecule has 0 saturated carbocycles. The van der Waals surface area contributed by atoms with Crippen molar-refractivity contribution in [3.05, 3.63) is 164 Å². The molecule has 228 valence electrons. The summed E-state index contributed by atoms with van der Waals surface area (Å²) in [6.45, 7) is 0. The molecule has 4 aromatic heterocycles. The van der Waals surface area contributed by atoms with Crippen LogP contribution in [0.1, 0.15) is 0 Å². The highest BCUT2D eigenvalue weighted by Crippen LogP contribution is 2.36. The van der Waals surface area contributed by atoms with Gasteiger partial charge < -0.3 is 0 Å². The third-order valence-corrected chi connectivity index (χ3v) is 9.38. The van der Waals surface area contributed by atoms with Crippen LogP contribution in [0.15, 0.2) is 164 Å². The number of imidazole rings is 1. The Kier molecular flexibility index (Phi) is 6.11. The van der Waals surface area contributed by atoms with Crippen LogP contribution in [0.5, 0.6) is 0 Å². The first-order chi connectivity index (χ1) is 24.3. The maximum absolute atomic E-state index is 5.23. The average molecular weight is 626 g/mol. The highest BCUT2D eigenvalue weighted by atomic mass is 15.1. The standard InChI is InChI=1S/C44H27N5/c1-2-12-29-25-33(23-22-28(29)11-1)41-37-19-5-6-20-38(37)45-43(47-41)34-16-10-14-31(27-34)30-13-9-15-32(26-30)40-35-17-3-4-18-36(35)42-44(48-40)49-24-8-7-21-39(49)46-42/h1-27H. The Morgan fingerprint density at radius 1 is 0.388 bits per heavy atom. The van der Waals surface area contributed by atoms with Crippen molar-refractivity contribution in [2.45, 2.75) is 0 Å². The largest absolute Gasteiger partial charge is 0.284 e. The Balaban J connectivity index is 1.10. The van der Waals surface area contributed by atoms with Crippen LogP contribution >= 0.6 is 0 Å². The molecule has 0 radical (unpaired) electrons. The van der Waals surface area contributed by atoms with E-state index in [1.54, 1.807) is 0 Å². The van der Waals surface area contributed by atoms with E-state index >= 15 is 0 Å². The van der Waals surface area contributed by atoms with Gasteiger partial charge in [-0.3, -0.25) is 4.40 Å². The summed E-state index contributed by atoms with van der Waals surface area (Å²) >= 11 is 0. The molecule has 0 aliphatic rings. The van der Waals surface area contributed by atoms with Gasteiger partial charge in [0.05, 0.1) is 16.9 Å². The second kappa shape index (κ2) is 10.9. The zero-order chi connectivity index (χ0) is 32.3. The minimum Gasteiger partial charge on any atom is -0.284 e. The molecule has 10 rings (SSSR count). The lowest BCUT2D eigenvalue weighted by atomic mass is 9.97. The van der Waals surface area contributed by atoms with Crippen LogP contribution in [0.3, 0.4) is 0 Å². The molecule has 4 heterocycles. The van der Waals surface area contributed by atoms with Gasteiger partial charge in [0.15, 0.2) is 11.5 Å². The van der Waals surface area contributed by atoms with Gasteiger partial charge in [-0.2, -0.15) is 0 Å². The molecule has 0 unspecified atom stereocenters. The molecule has 0 fully saturated rings. The van der Waals surface area contributed by atoms with Gasteiger partial charge in [0, 0.05) is 39.0 Å². The Morgan fingerprint density at radius 3 is 1.92 bits per heavy atom. The average Bonchev–Trinajstić information content (AvgIpc) is 3.56. The molecule has 5 nitrogen and oxygen atoms in total. The number of hydrogen-bond donors (Lipinski definition) is 0. The van der Waals surface area contributed by atoms with E-state index < -0.39 is 0 Å². The van der Waals surface area contributed by atoms with Gasteiger partial charge in [-0.05, 0) is 58.3 Å². The summed E-state index contributed by atoms with van der Waals surface area (Å²) in [4.78, 5) is 20.4. The summed E-state index contributed by atoms with van der Waals surface area (Å²) in [7, 11) is 0. The Bertz CT molecular complexity index is 2900. The van der Waals surface area contributed by atoms with Gasteiger partial charge in [-0.25, -0.2) is 19.9 Å². The van der Waals surface area contributed by atoms with Crippen molar-refractivity contribution in [1.29, 1.82) is 0 Å². The van der Waals surface area contributed by atoms with Gasteiger partial charge >= 0.3 is 0 Å². The molecule has 49 heavy (non-hydrogen) atoms. The van der Waals surface area contributed by atoms with E-state index in [4.69, 9.17) is 19.9 Å². The molecule has 0 aliphatic heterocycles. The predicted octanol–water partition coefficient (Wildman–Crippen LogP) is 10.8. The molecular formula is C44H27N5. The molecule has 0 spiro atoms. The highest BCUT2D eigenvalue weighted by molar-refractivity contribution is 6.09. The summed E-state index contributed by atoms with van der Waals surface area (Å²) in [5.74, 6) is 0.700. The third-order valence-electron chi connectivity index (χ3n) is 9.38. The maximum atomic E-state index is 5.23. The first kappa shape index (κ1) is 27.4. The Hall–Kier alpha value is -6.72. The summed E-state index contributed by atoms with van der Waals surface area (Å²) in [6.07, 6.45) is 2.03. The van der Waals surface area contributed by atoms with E-state index in [1.165, 1.54) is 10.8 Å². The number of rotatable bonds is 4. The van der Waals surface area contributed by atoms with Crippen LogP contribution in [-0.2, 0) is 0 Å². The quantitative estimate of drug-likeness (QED) is 0.195. The van der Waals surface area contributed by atoms with Crippen molar-refractivity contribution >= 4 is 49.3 Å². The molecule has 0 amide bonds. The molecule has 10 aromatic rings. The number of benzene rings is 6. The van der Waals surface area contributed by atoms with Crippen molar-refractivity contribution < 1.29 is 0 Å². The number of aromatic nitrogens is 5. The fraction of sp³-hybridized carbons (Fsp3) is 0.